The molecule has 0 aliphatic heterocycles. The van der Waals surface area contributed by atoms with Crippen LogP contribution in [0, 0.1) is 21.4 Å². The number of aromatic nitrogens is 1. The Morgan fingerprint density at radius 3 is 2.57 bits per heavy atom. The van der Waals surface area contributed by atoms with E-state index in [1.807, 2.05) is 6.07 Å². The molecule has 0 aliphatic carbocycles. The van der Waals surface area contributed by atoms with Gasteiger partial charge in [0.2, 0.25) is 5.88 Å². The molecule has 2 aromatic rings. The molecule has 9 nitrogen and oxygen atoms in total. The number of carbonyl (C=O) groups is 1. The quantitative estimate of drug-likeness (QED) is 0.422. The third-order valence-electron chi connectivity index (χ3n) is 3.46. The molecule has 0 bridgehead atoms. The summed E-state index contributed by atoms with van der Waals surface area (Å²) in [6, 6.07) is 9.47. The summed E-state index contributed by atoms with van der Waals surface area (Å²) in [6.45, 7) is 5.39. The van der Waals surface area contributed by atoms with E-state index in [1.165, 1.54) is 12.1 Å². The Bertz CT molecular complexity index is 913. The van der Waals surface area contributed by atoms with Crippen molar-refractivity contribution in [3.63, 3.8) is 0 Å². The first-order chi connectivity index (χ1) is 13.1. The van der Waals surface area contributed by atoms with E-state index < -0.39 is 10.5 Å². The zero-order chi connectivity index (χ0) is 20.9. The van der Waals surface area contributed by atoms with E-state index >= 15 is 0 Å². The van der Waals surface area contributed by atoms with Crippen molar-refractivity contribution < 1.29 is 19.2 Å². The van der Waals surface area contributed by atoms with Gasteiger partial charge in [-0.25, -0.2) is 4.98 Å². The van der Waals surface area contributed by atoms with Crippen molar-refractivity contribution in [3.05, 3.63) is 52.2 Å². The van der Waals surface area contributed by atoms with E-state index in [-0.39, 0.29) is 35.4 Å². The van der Waals surface area contributed by atoms with Crippen LogP contribution in [0.4, 0.5) is 11.4 Å². The highest BCUT2D eigenvalue weighted by molar-refractivity contribution is 5.76. The zero-order valence-electron chi connectivity index (χ0n) is 16.0. The Balaban J connectivity index is 2.14. The maximum Gasteiger partial charge on any atom is 0.326 e. The Morgan fingerprint density at radius 2 is 2.04 bits per heavy atom. The van der Waals surface area contributed by atoms with Crippen LogP contribution < -0.4 is 9.64 Å². The molecule has 0 atom stereocenters. The van der Waals surface area contributed by atoms with E-state index in [0.717, 1.165) is 6.20 Å². The van der Waals surface area contributed by atoms with Crippen molar-refractivity contribution in [2.24, 2.45) is 0 Å². The molecule has 0 fully saturated rings. The molecule has 146 valence electrons. The van der Waals surface area contributed by atoms with E-state index in [0.29, 0.717) is 5.69 Å². The molecule has 1 heterocycles. The molecule has 0 N–H and O–H groups in total. The Hall–Kier alpha value is -3.67. The van der Waals surface area contributed by atoms with Gasteiger partial charge in [-0.1, -0.05) is 0 Å². The lowest BCUT2D eigenvalue weighted by atomic mass is 10.2. The predicted octanol–water partition coefficient (Wildman–Crippen LogP) is 3.43. The van der Waals surface area contributed by atoms with E-state index in [2.05, 4.69) is 4.98 Å². The molecule has 1 aromatic heterocycles. The van der Waals surface area contributed by atoms with Crippen LogP contribution in [0.1, 0.15) is 26.3 Å². The molecule has 0 amide bonds. The fraction of sp³-hybridized carbons (Fsp3) is 0.316. The van der Waals surface area contributed by atoms with E-state index in [9.17, 15) is 20.2 Å². The largest absolute Gasteiger partial charge is 0.459 e. The third kappa shape index (κ3) is 5.67. The number of pyridine rings is 1. The van der Waals surface area contributed by atoms with Crippen LogP contribution in [-0.4, -0.2) is 35.1 Å². The summed E-state index contributed by atoms with van der Waals surface area (Å²) in [5, 5.41) is 20.1. The number of nitriles is 1. The van der Waals surface area contributed by atoms with E-state index in [1.54, 1.807) is 50.9 Å². The zero-order valence-corrected chi connectivity index (χ0v) is 16.0. The summed E-state index contributed by atoms with van der Waals surface area (Å²) in [5.74, 6) is -0.0147. The van der Waals surface area contributed by atoms with Gasteiger partial charge < -0.3 is 14.4 Å². The molecule has 0 saturated heterocycles. The first kappa shape index (κ1) is 20.6. The molecular weight excluding hydrogens is 364 g/mol. The molecule has 0 spiro atoms. The second-order valence-electron chi connectivity index (χ2n) is 6.95. The van der Waals surface area contributed by atoms with Crippen molar-refractivity contribution in [2.75, 3.05) is 18.5 Å². The van der Waals surface area contributed by atoms with Gasteiger partial charge in [0, 0.05) is 24.9 Å². The van der Waals surface area contributed by atoms with Gasteiger partial charge in [-0.2, -0.15) is 5.26 Å². The molecule has 0 radical (unpaired) electrons. The Labute approximate surface area is 162 Å². The highest BCUT2D eigenvalue weighted by Crippen LogP contribution is 2.28. The van der Waals surface area contributed by atoms with Crippen molar-refractivity contribution in [3.8, 4) is 17.7 Å². The number of hydrogen-bond donors (Lipinski definition) is 0. The number of carbonyl (C=O) groups excluding carboxylic acids is 1. The van der Waals surface area contributed by atoms with Gasteiger partial charge in [0.15, 0.2) is 0 Å². The predicted molar refractivity (Wildman–Crippen MR) is 101 cm³/mol. The average Bonchev–Trinajstić information content (AvgIpc) is 2.60. The SMILES string of the molecule is CN(CC(=O)OC(C)(C)C)c1ccc(Oc2ccc([N+](=O)[O-])cn2)c(C#N)c1. The second kappa shape index (κ2) is 8.35. The van der Waals surface area contributed by atoms with Gasteiger partial charge >= 0.3 is 5.97 Å². The van der Waals surface area contributed by atoms with Crippen LogP contribution in [0.3, 0.4) is 0 Å². The van der Waals surface area contributed by atoms with Crippen LogP contribution in [0.2, 0.25) is 0 Å². The average molecular weight is 384 g/mol. The van der Waals surface area contributed by atoms with Gasteiger partial charge in [-0.05, 0) is 39.0 Å². The first-order valence-corrected chi connectivity index (χ1v) is 8.34. The van der Waals surface area contributed by atoms with Crippen LogP contribution in [-0.2, 0) is 9.53 Å². The maximum absolute atomic E-state index is 12.0. The van der Waals surface area contributed by atoms with E-state index in [4.69, 9.17) is 9.47 Å². The number of nitrogens with zero attached hydrogens (tertiary/aromatic N) is 4. The Kier molecular flexibility index (Phi) is 6.15. The fourth-order valence-corrected chi connectivity index (χ4v) is 2.24. The summed E-state index contributed by atoms with van der Waals surface area (Å²) in [6.07, 6.45) is 1.07. The van der Waals surface area contributed by atoms with Gasteiger partial charge in [-0.3, -0.25) is 14.9 Å². The molecule has 0 unspecified atom stereocenters. The molecular formula is C19H20N4O5. The number of hydrogen-bond acceptors (Lipinski definition) is 8. The van der Waals surface area contributed by atoms with Crippen molar-refractivity contribution in [2.45, 2.75) is 26.4 Å². The topological polar surface area (TPSA) is 119 Å². The number of benzene rings is 1. The monoisotopic (exact) mass is 384 g/mol. The van der Waals surface area contributed by atoms with Crippen molar-refractivity contribution in [1.82, 2.24) is 4.98 Å². The smallest absolute Gasteiger partial charge is 0.326 e. The van der Waals surface area contributed by atoms with Crippen molar-refractivity contribution in [1.29, 1.82) is 5.26 Å². The highest BCUT2D eigenvalue weighted by atomic mass is 16.6. The van der Waals surface area contributed by atoms with Gasteiger partial charge in [0.1, 0.15) is 30.2 Å². The van der Waals surface area contributed by atoms with Gasteiger partial charge in [0.25, 0.3) is 5.69 Å². The molecule has 9 heteroatoms. The number of esters is 1. The van der Waals surface area contributed by atoms with Gasteiger partial charge in [-0.15, -0.1) is 0 Å². The minimum atomic E-state index is -0.578. The molecule has 2 rings (SSSR count). The number of ether oxygens (including phenoxy) is 2. The lowest BCUT2D eigenvalue weighted by Crippen LogP contribution is -2.32. The normalized spacial score (nSPS) is 10.7. The summed E-state index contributed by atoms with van der Waals surface area (Å²) >= 11 is 0. The maximum atomic E-state index is 12.0. The molecule has 1 aromatic carbocycles. The first-order valence-electron chi connectivity index (χ1n) is 8.34. The molecule has 0 aliphatic rings. The fourth-order valence-electron chi connectivity index (χ4n) is 2.24. The number of likely N-dealkylation sites (N-methyl/N-ethyl adjacent to an activating group) is 1. The highest BCUT2D eigenvalue weighted by Gasteiger charge is 2.18. The minimum absolute atomic E-state index is 0.0201. The summed E-state index contributed by atoms with van der Waals surface area (Å²) in [5.41, 5.74) is 0.123. The number of rotatable bonds is 6. The van der Waals surface area contributed by atoms with Crippen LogP contribution in [0.25, 0.3) is 0 Å². The number of nitro groups is 1. The number of anilines is 1. The summed E-state index contributed by atoms with van der Waals surface area (Å²) in [7, 11) is 1.71. The molecule has 28 heavy (non-hydrogen) atoms. The van der Waals surface area contributed by atoms with Crippen molar-refractivity contribution >= 4 is 17.3 Å². The van der Waals surface area contributed by atoms with Crippen LogP contribution in [0.5, 0.6) is 11.6 Å². The second-order valence-corrected chi connectivity index (χ2v) is 6.95. The Morgan fingerprint density at radius 1 is 1.32 bits per heavy atom. The lowest BCUT2D eigenvalue weighted by Gasteiger charge is -2.23. The minimum Gasteiger partial charge on any atom is -0.459 e. The lowest BCUT2D eigenvalue weighted by molar-refractivity contribution is -0.385. The van der Waals surface area contributed by atoms with Crippen LogP contribution in [0.15, 0.2) is 36.5 Å². The van der Waals surface area contributed by atoms with Gasteiger partial charge in [0.05, 0.1) is 10.5 Å². The van der Waals surface area contributed by atoms with Crippen LogP contribution >= 0.6 is 0 Å². The molecule has 0 saturated carbocycles. The standard InChI is InChI=1S/C19H20N4O5/c1-19(2,3)28-18(24)12-22(4)14-5-7-16(13(9-14)10-20)27-17-8-6-15(11-21-17)23(25)26/h5-9,11H,12H2,1-4H3. The third-order valence-corrected chi connectivity index (χ3v) is 3.46. The summed E-state index contributed by atoms with van der Waals surface area (Å²) in [4.78, 5) is 27.6. The summed E-state index contributed by atoms with van der Waals surface area (Å²) < 4.78 is 10.8.